The average Bonchev–Trinajstić information content (AvgIpc) is 3.05. The molecule has 1 atom stereocenters. The highest BCUT2D eigenvalue weighted by Gasteiger charge is 2.49. The number of rotatable bonds is 4. The van der Waals surface area contributed by atoms with Gasteiger partial charge >= 0.3 is 0 Å². The minimum atomic E-state index is 0.328. The summed E-state index contributed by atoms with van der Waals surface area (Å²) in [5.74, 6) is 0.762. The number of aromatic amines is 1. The summed E-state index contributed by atoms with van der Waals surface area (Å²) in [4.78, 5) is 5.88. The van der Waals surface area contributed by atoms with E-state index in [0.717, 1.165) is 24.9 Å². The molecule has 2 aromatic rings. The van der Waals surface area contributed by atoms with Gasteiger partial charge in [0.05, 0.1) is 6.61 Å². The fourth-order valence-corrected chi connectivity index (χ4v) is 3.95. The first kappa shape index (κ1) is 11.5. The fraction of sp³-hybridized carbons (Fsp3) is 0.500. The van der Waals surface area contributed by atoms with E-state index in [-0.39, 0.29) is 0 Å². The van der Waals surface area contributed by atoms with Crippen molar-refractivity contribution in [3.05, 3.63) is 36.0 Å². The molecule has 1 unspecified atom stereocenters. The predicted octanol–water partition coefficient (Wildman–Crippen LogP) is 2.17. The third kappa shape index (κ3) is 1.72. The molecule has 1 aromatic carbocycles. The first-order valence-electron chi connectivity index (χ1n) is 7.28. The minimum absolute atomic E-state index is 0.328. The van der Waals surface area contributed by atoms with Gasteiger partial charge in [-0.2, -0.15) is 0 Å². The van der Waals surface area contributed by atoms with Crippen molar-refractivity contribution < 1.29 is 5.11 Å². The molecule has 5 rings (SSSR count). The Bertz CT molecular complexity index is 585. The molecule has 3 heteroatoms. The van der Waals surface area contributed by atoms with Crippen molar-refractivity contribution in [2.75, 3.05) is 13.2 Å². The van der Waals surface area contributed by atoms with E-state index in [0.29, 0.717) is 12.6 Å². The van der Waals surface area contributed by atoms with Crippen LogP contribution >= 0.6 is 0 Å². The number of nitrogens with one attached hydrogen (secondary N) is 1. The molecule has 3 aliphatic rings. The summed E-state index contributed by atoms with van der Waals surface area (Å²) in [6, 6.07) is 9.65. The zero-order valence-electron chi connectivity index (χ0n) is 11.0. The minimum Gasteiger partial charge on any atom is -0.395 e. The maximum atomic E-state index is 9.51. The number of aliphatic hydroxyl groups excluding tert-OH is 1. The van der Waals surface area contributed by atoms with Crippen molar-refractivity contribution in [2.24, 2.45) is 5.92 Å². The van der Waals surface area contributed by atoms with E-state index >= 15 is 0 Å². The Morgan fingerprint density at radius 2 is 2.11 bits per heavy atom. The second-order valence-electron chi connectivity index (χ2n) is 5.98. The van der Waals surface area contributed by atoms with E-state index in [1.807, 2.05) is 0 Å². The van der Waals surface area contributed by atoms with Gasteiger partial charge in [0.25, 0.3) is 0 Å². The summed E-state index contributed by atoms with van der Waals surface area (Å²) in [7, 11) is 0. The smallest absolute Gasteiger partial charge is 0.0589 e. The Morgan fingerprint density at radius 1 is 1.26 bits per heavy atom. The Balaban J connectivity index is 1.50. The van der Waals surface area contributed by atoms with E-state index in [1.165, 1.54) is 29.3 Å². The number of aliphatic hydroxyl groups is 1. The van der Waals surface area contributed by atoms with Gasteiger partial charge in [-0.3, -0.25) is 4.90 Å². The molecule has 3 fully saturated rings. The van der Waals surface area contributed by atoms with Crippen LogP contribution in [-0.4, -0.2) is 40.2 Å². The molecule has 2 bridgehead atoms. The van der Waals surface area contributed by atoms with Crippen LogP contribution in [0.15, 0.2) is 30.5 Å². The van der Waals surface area contributed by atoms with Crippen LogP contribution < -0.4 is 0 Å². The number of H-pyrrole nitrogens is 1. The molecule has 0 amide bonds. The molecule has 2 aliphatic heterocycles. The summed E-state index contributed by atoms with van der Waals surface area (Å²) in [5, 5.41) is 10.9. The van der Waals surface area contributed by atoms with Crippen molar-refractivity contribution in [3.63, 3.8) is 0 Å². The van der Waals surface area contributed by atoms with Gasteiger partial charge in [-0.15, -0.1) is 0 Å². The van der Waals surface area contributed by atoms with Gasteiger partial charge in [0.15, 0.2) is 0 Å². The number of para-hydroxylation sites is 1. The maximum absolute atomic E-state index is 9.51. The second-order valence-corrected chi connectivity index (χ2v) is 5.98. The number of hydrogen-bond donors (Lipinski definition) is 2. The topological polar surface area (TPSA) is 39.3 Å². The molecule has 100 valence electrons. The normalized spacial score (nSPS) is 29.8. The fourth-order valence-electron chi connectivity index (χ4n) is 3.95. The second kappa shape index (κ2) is 4.36. The largest absolute Gasteiger partial charge is 0.395 e. The van der Waals surface area contributed by atoms with Crippen LogP contribution in [0.2, 0.25) is 0 Å². The lowest BCUT2D eigenvalue weighted by Crippen LogP contribution is -2.35. The number of hydrogen-bond acceptors (Lipinski definition) is 2. The van der Waals surface area contributed by atoms with Crippen LogP contribution in [0.25, 0.3) is 10.9 Å². The first-order valence-corrected chi connectivity index (χ1v) is 7.28. The lowest BCUT2D eigenvalue weighted by molar-refractivity contribution is 0.156. The molecule has 19 heavy (non-hydrogen) atoms. The number of fused-ring (bicyclic) bond motifs is 2. The summed E-state index contributed by atoms with van der Waals surface area (Å²) in [6.45, 7) is 1.41. The molecule has 1 aromatic heterocycles. The van der Waals surface area contributed by atoms with Crippen molar-refractivity contribution in [1.29, 1.82) is 0 Å². The quantitative estimate of drug-likeness (QED) is 0.880. The summed E-state index contributed by atoms with van der Waals surface area (Å²) in [6.07, 6.45) is 5.82. The highest BCUT2D eigenvalue weighted by atomic mass is 16.3. The van der Waals surface area contributed by atoms with Crippen LogP contribution in [0, 0.1) is 5.92 Å². The zero-order chi connectivity index (χ0) is 12.8. The van der Waals surface area contributed by atoms with Crippen molar-refractivity contribution in [2.45, 2.75) is 31.3 Å². The first-order chi connectivity index (χ1) is 9.36. The number of benzene rings is 1. The van der Waals surface area contributed by atoms with Gasteiger partial charge in [-0.05, 0) is 36.8 Å². The molecule has 2 N–H and O–H groups in total. The molecule has 2 saturated heterocycles. The lowest BCUT2D eigenvalue weighted by atomic mass is 9.83. The van der Waals surface area contributed by atoms with E-state index < -0.39 is 0 Å². The van der Waals surface area contributed by atoms with Gasteiger partial charge in [0.2, 0.25) is 0 Å². The van der Waals surface area contributed by atoms with E-state index in [1.54, 1.807) is 0 Å². The van der Waals surface area contributed by atoms with E-state index in [4.69, 9.17) is 0 Å². The van der Waals surface area contributed by atoms with Crippen LogP contribution in [0.1, 0.15) is 18.4 Å². The third-order valence-electron chi connectivity index (χ3n) is 5.09. The highest BCUT2D eigenvalue weighted by molar-refractivity contribution is 5.83. The van der Waals surface area contributed by atoms with Gasteiger partial charge in [-0.25, -0.2) is 0 Å². The zero-order valence-corrected chi connectivity index (χ0v) is 11.0. The SMILES string of the molecule is OCC1C2CC(C2)N1CCc1c[nH]c2ccccc12. The maximum Gasteiger partial charge on any atom is 0.0589 e. The number of nitrogens with zero attached hydrogens (tertiary/aromatic N) is 1. The molecule has 0 spiro atoms. The summed E-state index contributed by atoms with van der Waals surface area (Å²) >= 11 is 0. The van der Waals surface area contributed by atoms with Gasteiger partial charge in [-0.1, -0.05) is 18.2 Å². The lowest BCUT2D eigenvalue weighted by Gasteiger charge is -2.26. The van der Waals surface area contributed by atoms with Crippen LogP contribution in [0.4, 0.5) is 0 Å². The Morgan fingerprint density at radius 3 is 2.95 bits per heavy atom. The number of aromatic nitrogens is 1. The van der Waals surface area contributed by atoms with Crippen molar-refractivity contribution >= 4 is 10.9 Å². The Labute approximate surface area is 113 Å². The summed E-state index contributed by atoms with van der Waals surface area (Å²) in [5.41, 5.74) is 2.62. The average molecular weight is 256 g/mol. The monoisotopic (exact) mass is 256 g/mol. The van der Waals surface area contributed by atoms with Gasteiger partial charge in [0, 0.05) is 35.7 Å². The molecule has 1 aliphatic carbocycles. The summed E-state index contributed by atoms with van der Waals surface area (Å²) < 4.78 is 0. The van der Waals surface area contributed by atoms with Gasteiger partial charge < -0.3 is 10.1 Å². The Kier molecular flexibility index (Phi) is 2.64. The van der Waals surface area contributed by atoms with Crippen LogP contribution in [0.3, 0.4) is 0 Å². The predicted molar refractivity (Wildman–Crippen MR) is 76.1 cm³/mol. The highest BCUT2D eigenvalue weighted by Crippen LogP contribution is 2.45. The van der Waals surface area contributed by atoms with Crippen LogP contribution in [0.5, 0.6) is 0 Å². The third-order valence-corrected chi connectivity index (χ3v) is 5.09. The Hall–Kier alpha value is -1.32. The van der Waals surface area contributed by atoms with Gasteiger partial charge in [0.1, 0.15) is 0 Å². The molecule has 3 nitrogen and oxygen atoms in total. The van der Waals surface area contributed by atoms with Crippen LogP contribution in [-0.2, 0) is 6.42 Å². The molecular formula is C16H20N2O. The molecule has 1 saturated carbocycles. The molecule has 3 heterocycles. The standard InChI is InChI=1S/C16H20N2O/c19-10-16-12-7-13(8-12)18(16)6-5-11-9-17-15-4-2-1-3-14(11)15/h1-4,9,12-13,16-17,19H,5-8,10H2. The van der Waals surface area contributed by atoms with Crippen molar-refractivity contribution in [1.82, 2.24) is 9.88 Å². The molecule has 0 radical (unpaired) electrons. The van der Waals surface area contributed by atoms with E-state index in [9.17, 15) is 5.11 Å². The molecular weight excluding hydrogens is 236 g/mol. The van der Waals surface area contributed by atoms with Crippen molar-refractivity contribution in [3.8, 4) is 0 Å². The van der Waals surface area contributed by atoms with E-state index in [2.05, 4.69) is 40.3 Å².